The minimum absolute atomic E-state index is 0.203. The summed E-state index contributed by atoms with van der Waals surface area (Å²) < 4.78 is 5.26. The van der Waals surface area contributed by atoms with Crippen molar-refractivity contribution < 1.29 is 4.74 Å². The Bertz CT molecular complexity index is 500. The zero-order valence-electron chi connectivity index (χ0n) is 9.97. The van der Waals surface area contributed by atoms with Gasteiger partial charge in [0.25, 0.3) is 0 Å². The number of hydrogen-bond donors (Lipinski definition) is 1. The number of ether oxygens (including phenoxy) is 1. The maximum atomic E-state index is 5.26. The van der Waals surface area contributed by atoms with Crippen molar-refractivity contribution in [3.05, 3.63) is 23.5 Å². The van der Waals surface area contributed by atoms with Gasteiger partial charge in [0.15, 0.2) is 5.01 Å². The van der Waals surface area contributed by atoms with E-state index in [1.807, 2.05) is 20.0 Å². The lowest BCUT2D eigenvalue weighted by molar-refractivity contribution is 0.414. The van der Waals surface area contributed by atoms with Crippen molar-refractivity contribution in [3.8, 4) is 16.3 Å². The highest BCUT2D eigenvalue weighted by molar-refractivity contribution is 7.14. The Morgan fingerprint density at radius 1 is 1.41 bits per heavy atom. The first-order chi connectivity index (χ1) is 8.26. The molecule has 0 saturated carbocycles. The molecule has 2 aromatic heterocycles. The number of nitrogens with zero attached hydrogens (tertiary/aromatic N) is 3. The Kier molecular flexibility index (Phi) is 3.65. The molecule has 0 radical (unpaired) electrons. The van der Waals surface area contributed by atoms with E-state index in [-0.39, 0.29) is 6.04 Å². The maximum absolute atomic E-state index is 5.26. The molecule has 17 heavy (non-hydrogen) atoms. The summed E-state index contributed by atoms with van der Waals surface area (Å²) in [7, 11) is 3.53. The van der Waals surface area contributed by atoms with Crippen LogP contribution >= 0.6 is 11.3 Å². The van der Waals surface area contributed by atoms with Gasteiger partial charge in [0.1, 0.15) is 10.8 Å². The molecule has 0 aromatic carbocycles. The van der Waals surface area contributed by atoms with Gasteiger partial charge in [0, 0.05) is 6.20 Å². The van der Waals surface area contributed by atoms with Gasteiger partial charge in [-0.05, 0) is 20.0 Å². The Labute approximate surface area is 104 Å². The van der Waals surface area contributed by atoms with Crippen molar-refractivity contribution in [2.24, 2.45) is 0 Å². The molecule has 2 aromatic rings. The molecule has 0 amide bonds. The van der Waals surface area contributed by atoms with E-state index in [0.717, 1.165) is 15.6 Å². The number of methoxy groups -OCH3 is 1. The first-order valence-electron chi connectivity index (χ1n) is 5.25. The fraction of sp³-hybridized carbons (Fsp3) is 0.364. The molecule has 0 aliphatic carbocycles. The molecular formula is C11H14N4OS. The van der Waals surface area contributed by atoms with Crippen molar-refractivity contribution in [1.29, 1.82) is 0 Å². The molecule has 0 fully saturated rings. The van der Waals surface area contributed by atoms with E-state index in [9.17, 15) is 0 Å². The molecule has 2 rings (SSSR count). The first-order valence-corrected chi connectivity index (χ1v) is 6.07. The van der Waals surface area contributed by atoms with Gasteiger partial charge in [0.05, 0.1) is 24.9 Å². The van der Waals surface area contributed by atoms with E-state index in [1.165, 1.54) is 0 Å². The van der Waals surface area contributed by atoms with Crippen LogP contribution in [0.1, 0.15) is 18.0 Å². The number of pyridine rings is 1. The minimum atomic E-state index is 0.203. The lowest BCUT2D eigenvalue weighted by Crippen LogP contribution is -2.11. The smallest absolute Gasteiger partial charge is 0.151 e. The SMILES string of the molecule is CNC(C)c1nnc(-c2ccncc2OC)s1. The molecule has 1 N–H and O–H groups in total. The van der Waals surface area contributed by atoms with Crippen molar-refractivity contribution >= 4 is 11.3 Å². The van der Waals surface area contributed by atoms with Crippen molar-refractivity contribution in [2.45, 2.75) is 13.0 Å². The van der Waals surface area contributed by atoms with Crippen LogP contribution in [0.4, 0.5) is 0 Å². The Morgan fingerprint density at radius 3 is 2.94 bits per heavy atom. The first kappa shape index (κ1) is 11.9. The van der Waals surface area contributed by atoms with Gasteiger partial charge in [-0.15, -0.1) is 10.2 Å². The van der Waals surface area contributed by atoms with E-state index in [4.69, 9.17) is 4.74 Å². The molecule has 1 atom stereocenters. The Hall–Kier alpha value is -1.53. The molecule has 2 heterocycles. The van der Waals surface area contributed by atoms with Crippen LogP contribution in [0.2, 0.25) is 0 Å². The van der Waals surface area contributed by atoms with E-state index in [1.54, 1.807) is 30.8 Å². The number of rotatable bonds is 4. The summed E-state index contributed by atoms with van der Waals surface area (Å²) in [6.07, 6.45) is 3.40. The summed E-state index contributed by atoms with van der Waals surface area (Å²) in [6.45, 7) is 2.05. The number of hydrogen-bond acceptors (Lipinski definition) is 6. The minimum Gasteiger partial charge on any atom is -0.494 e. The van der Waals surface area contributed by atoms with E-state index in [2.05, 4.69) is 20.5 Å². The molecule has 0 saturated heterocycles. The molecule has 90 valence electrons. The molecule has 0 bridgehead atoms. The highest BCUT2D eigenvalue weighted by Gasteiger charge is 2.14. The molecule has 5 nitrogen and oxygen atoms in total. The van der Waals surface area contributed by atoms with Gasteiger partial charge in [-0.1, -0.05) is 11.3 Å². The van der Waals surface area contributed by atoms with Crippen LogP contribution in [0.5, 0.6) is 5.75 Å². The van der Waals surface area contributed by atoms with Gasteiger partial charge < -0.3 is 10.1 Å². The third-order valence-electron chi connectivity index (χ3n) is 2.48. The Balaban J connectivity index is 2.37. The quantitative estimate of drug-likeness (QED) is 0.898. The monoisotopic (exact) mass is 250 g/mol. The predicted molar refractivity (Wildman–Crippen MR) is 67.2 cm³/mol. The van der Waals surface area contributed by atoms with E-state index >= 15 is 0 Å². The molecule has 0 aliphatic rings. The molecule has 0 spiro atoms. The zero-order valence-corrected chi connectivity index (χ0v) is 10.8. The second-order valence-corrected chi connectivity index (χ2v) is 4.54. The second kappa shape index (κ2) is 5.20. The van der Waals surface area contributed by atoms with Crippen LogP contribution in [-0.4, -0.2) is 29.3 Å². The standard InChI is InChI=1S/C11H14N4OS/c1-7(12-2)10-14-15-11(17-10)8-4-5-13-6-9(8)16-3/h4-7,12H,1-3H3. The summed E-state index contributed by atoms with van der Waals surface area (Å²) in [5.74, 6) is 0.715. The lowest BCUT2D eigenvalue weighted by Gasteiger charge is -2.04. The molecule has 0 aliphatic heterocycles. The third kappa shape index (κ3) is 2.42. The second-order valence-electron chi connectivity index (χ2n) is 3.53. The van der Waals surface area contributed by atoms with Crippen LogP contribution in [0.15, 0.2) is 18.5 Å². The van der Waals surface area contributed by atoms with Gasteiger partial charge in [0.2, 0.25) is 0 Å². The fourth-order valence-electron chi connectivity index (χ4n) is 1.36. The largest absolute Gasteiger partial charge is 0.494 e. The van der Waals surface area contributed by atoms with E-state index in [0.29, 0.717) is 5.75 Å². The van der Waals surface area contributed by atoms with Crippen molar-refractivity contribution in [1.82, 2.24) is 20.5 Å². The van der Waals surface area contributed by atoms with Gasteiger partial charge in [-0.3, -0.25) is 4.98 Å². The van der Waals surface area contributed by atoms with E-state index < -0.39 is 0 Å². The van der Waals surface area contributed by atoms with Gasteiger partial charge in [-0.25, -0.2) is 0 Å². The number of aromatic nitrogens is 3. The summed E-state index contributed by atoms with van der Waals surface area (Å²) >= 11 is 1.56. The molecule has 1 unspecified atom stereocenters. The fourth-order valence-corrected chi connectivity index (χ4v) is 2.30. The average Bonchev–Trinajstić information content (AvgIpc) is 2.87. The summed E-state index contributed by atoms with van der Waals surface area (Å²) in [4.78, 5) is 4.02. The molecule has 6 heteroatoms. The highest BCUT2D eigenvalue weighted by atomic mass is 32.1. The molecular weight excluding hydrogens is 236 g/mol. The van der Waals surface area contributed by atoms with Gasteiger partial charge >= 0.3 is 0 Å². The summed E-state index contributed by atoms with van der Waals surface area (Å²) in [5.41, 5.74) is 0.926. The predicted octanol–water partition coefficient (Wildman–Crippen LogP) is 1.89. The van der Waals surface area contributed by atoms with Crippen molar-refractivity contribution in [2.75, 3.05) is 14.2 Å². The normalized spacial score (nSPS) is 12.4. The van der Waals surface area contributed by atoms with Crippen molar-refractivity contribution in [3.63, 3.8) is 0 Å². The van der Waals surface area contributed by atoms with Crippen LogP contribution in [-0.2, 0) is 0 Å². The van der Waals surface area contributed by atoms with Crippen LogP contribution in [0.25, 0.3) is 10.6 Å². The van der Waals surface area contributed by atoms with Crippen LogP contribution < -0.4 is 10.1 Å². The van der Waals surface area contributed by atoms with Crippen LogP contribution in [0, 0.1) is 0 Å². The van der Waals surface area contributed by atoms with Crippen LogP contribution in [0.3, 0.4) is 0 Å². The van der Waals surface area contributed by atoms with Gasteiger partial charge in [-0.2, -0.15) is 0 Å². The number of nitrogens with one attached hydrogen (secondary N) is 1. The average molecular weight is 250 g/mol. The summed E-state index contributed by atoms with van der Waals surface area (Å²) in [5, 5.41) is 13.3. The zero-order chi connectivity index (χ0) is 12.3. The topological polar surface area (TPSA) is 59.9 Å². The summed E-state index contributed by atoms with van der Waals surface area (Å²) in [6, 6.07) is 2.08. The maximum Gasteiger partial charge on any atom is 0.151 e. The third-order valence-corrected chi connectivity index (χ3v) is 3.62. The lowest BCUT2D eigenvalue weighted by atomic mass is 10.2. The Morgan fingerprint density at radius 2 is 2.24 bits per heavy atom. The highest BCUT2D eigenvalue weighted by Crippen LogP contribution is 2.32.